The van der Waals surface area contributed by atoms with Crippen molar-refractivity contribution in [2.24, 2.45) is 0 Å². The second-order valence-electron chi connectivity index (χ2n) is 5.05. The van der Waals surface area contributed by atoms with Crippen molar-refractivity contribution < 1.29 is 0 Å². The normalized spacial score (nSPS) is 15.6. The van der Waals surface area contributed by atoms with Gasteiger partial charge in [-0.25, -0.2) is 0 Å². The molecule has 0 aromatic carbocycles. The molecular formula is C10H24IP. The zero-order valence-corrected chi connectivity index (χ0v) is 12.1. The number of hydrogen-bond donors (Lipinski definition) is 0. The molecule has 0 unspecified atom stereocenters. The van der Waals surface area contributed by atoms with Gasteiger partial charge in [-0.3, -0.25) is 0 Å². The van der Waals surface area contributed by atoms with Crippen molar-refractivity contribution in [2.75, 3.05) is 26.2 Å². The third-order valence-electron chi connectivity index (χ3n) is 2.02. The molecule has 0 aliphatic rings. The summed E-state index contributed by atoms with van der Waals surface area (Å²) in [6.45, 7) is 9.67. The molecule has 0 radical (unpaired) electrons. The Hall–Kier alpha value is 1.16. The number of rotatable bonds is 6. The number of halogens is 1. The first kappa shape index (κ1) is 13.2. The average Bonchev–Trinajstić information content (AvgIpc) is 1.83. The van der Waals surface area contributed by atoms with E-state index in [1.807, 2.05) is 0 Å². The molecule has 0 N–H and O–H groups in total. The zero-order valence-electron chi connectivity index (χ0n) is 9.07. The molecule has 0 spiro atoms. The summed E-state index contributed by atoms with van der Waals surface area (Å²) in [4.78, 5) is 0. The van der Waals surface area contributed by atoms with E-state index in [1.54, 1.807) is 0 Å². The minimum atomic E-state index is -1.20. The number of hydrogen-bond acceptors (Lipinski definition) is 0. The Bertz CT molecular complexity index is 114. The Balaban J connectivity index is 3.32. The fourth-order valence-electron chi connectivity index (χ4n) is 1.25. The maximum atomic E-state index is 2.70. The topological polar surface area (TPSA) is 0 Å². The monoisotopic (exact) mass is 302 g/mol. The summed E-state index contributed by atoms with van der Waals surface area (Å²) in [6.07, 6.45) is 8.59. The first-order chi connectivity index (χ1) is 5.31. The Morgan fingerprint density at radius 2 is 1.42 bits per heavy atom. The fourth-order valence-corrected chi connectivity index (χ4v) is 3.56. The first-order valence-corrected chi connectivity index (χ1v) is 11.6. The van der Waals surface area contributed by atoms with Gasteiger partial charge in [0, 0.05) is 0 Å². The van der Waals surface area contributed by atoms with Crippen LogP contribution in [0.25, 0.3) is 0 Å². The predicted octanol–water partition coefficient (Wildman–Crippen LogP) is 4.75. The molecule has 0 nitrogen and oxygen atoms in total. The van der Waals surface area contributed by atoms with Crippen LogP contribution in [-0.2, 0) is 0 Å². The van der Waals surface area contributed by atoms with Crippen molar-refractivity contribution in [1.29, 1.82) is 0 Å². The summed E-state index contributed by atoms with van der Waals surface area (Å²) in [6, 6.07) is 0. The van der Waals surface area contributed by atoms with Crippen LogP contribution in [0, 0.1) is 0 Å². The van der Waals surface area contributed by atoms with Crippen molar-refractivity contribution in [3.8, 4) is 0 Å². The Morgan fingerprint density at radius 1 is 0.917 bits per heavy atom. The second-order valence-corrected chi connectivity index (χ2v) is 22.1. The summed E-state index contributed by atoms with van der Waals surface area (Å²) >= 11 is 2.70. The maximum absolute atomic E-state index is 2.70. The zero-order chi connectivity index (χ0) is 9.69. The van der Waals surface area contributed by atoms with Crippen molar-refractivity contribution >= 4 is 26.3 Å². The van der Waals surface area contributed by atoms with E-state index in [2.05, 4.69) is 49.0 Å². The van der Waals surface area contributed by atoms with E-state index in [0.29, 0.717) is 0 Å². The Labute approximate surface area is 91.3 Å². The third kappa shape index (κ3) is 11.2. The van der Waals surface area contributed by atoms with Gasteiger partial charge in [0.2, 0.25) is 0 Å². The van der Waals surface area contributed by atoms with Gasteiger partial charge in [-0.15, -0.1) is 0 Å². The molecule has 0 fully saturated rings. The molecule has 0 aliphatic heterocycles. The van der Waals surface area contributed by atoms with Crippen LogP contribution in [0.5, 0.6) is 0 Å². The molecule has 2 heteroatoms. The molecule has 0 atom stereocenters. The van der Waals surface area contributed by atoms with Crippen LogP contribution in [0.15, 0.2) is 0 Å². The standard InChI is InChI=1S/C10H24IP/c1-5-6-7-8-9-10-12(2,3,4)11/h5-10H2,1-4H3. The van der Waals surface area contributed by atoms with Gasteiger partial charge < -0.3 is 0 Å². The molecule has 0 aromatic heterocycles. The van der Waals surface area contributed by atoms with Crippen molar-refractivity contribution in [3.63, 3.8) is 0 Å². The van der Waals surface area contributed by atoms with E-state index in [0.717, 1.165) is 0 Å². The number of unbranched alkanes of at least 4 members (excludes halogenated alkanes) is 4. The summed E-state index contributed by atoms with van der Waals surface area (Å²) in [5.41, 5.74) is 0. The average molecular weight is 302 g/mol. The molecule has 0 aliphatic carbocycles. The van der Waals surface area contributed by atoms with E-state index >= 15 is 0 Å². The van der Waals surface area contributed by atoms with Crippen LogP contribution in [0.4, 0.5) is 0 Å². The molecular weight excluding hydrogens is 278 g/mol. The van der Waals surface area contributed by atoms with Crippen molar-refractivity contribution in [3.05, 3.63) is 0 Å². The van der Waals surface area contributed by atoms with Crippen LogP contribution in [0.1, 0.15) is 39.0 Å². The van der Waals surface area contributed by atoms with Crippen molar-refractivity contribution in [2.45, 2.75) is 39.0 Å². The SMILES string of the molecule is CCCCCCCP(C)(C)(C)I. The summed E-state index contributed by atoms with van der Waals surface area (Å²) in [5, 5.41) is 0. The van der Waals surface area contributed by atoms with Gasteiger partial charge in [0.15, 0.2) is 0 Å². The van der Waals surface area contributed by atoms with Gasteiger partial charge >= 0.3 is 91.5 Å². The summed E-state index contributed by atoms with van der Waals surface area (Å²) < 4.78 is -1.20. The van der Waals surface area contributed by atoms with Crippen LogP contribution in [0.2, 0.25) is 0 Å². The molecule has 12 heavy (non-hydrogen) atoms. The van der Waals surface area contributed by atoms with Gasteiger partial charge in [0.25, 0.3) is 0 Å². The molecule has 0 aromatic rings. The Morgan fingerprint density at radius 3 is 1.83 bits per heavy atom. The van der Waals surface area contributed by atoms with Gasteiger partial charge in [0.05, 0.1) is 0 Å². The van der Waals surface area contributed by atoms with Crippen LogP contribution < -0.4 is 0 Å². The Kier molecular flexibility index (Phi) is 5.64. The predicted molar refractivity (Wildman–Crippen MR) is 72.3 cm³/mol. The molecule has 0 saturated carbocycles. The molecule has 0 rings (SSSR count). The van der Waals surface area contributed by atoms with Crippen LogP contribution in [0.3, 0.4) is 0 Å². The fraction of sp³-hybridized carbons (Fsp3) is 1.00. The molecule has 0 saturated heterocycles. The van der Waals surface area contributed by atoms with Crippen LogP contribution >= 0.6 is 26.3 Å². The minimum absolute atomic E-state index is 1.20. The van der Waals surface area contributed by atoms with E-state index in [1.165, 1.54) is 38.3 Å². The molecule has 76 valence electrons. The quantitative estimate of drug-likeness (QED) is 0.377. The third-order valence-corrected chi connectivity index (χ3v) is 5.29. The van der Waals surface area contributed by atoms with Crippen molar-refractivity contribution in [1.82, 2.24) is 0 Å². The molecule has 0 heterocycles. The summed E-state index contributed by atoms with van der Waals surface area (Å²) in [7, 11) is 0. The van der Waals surface area contributed by atoms with E-state index < -0.39 is 4.25 Å². The van der Waals surface area contributed by atoms with Gasteiger partial charge in [-0.05, 0) is 0 Å². The van der Waals surface area contributed by atoms with E-state index in [9.17, 15) is 0 Å². The molecule has 0 amide bonds. The van der Waals surface area contributed by atoms with Gasteiger partial charge in [-0.1, -0.05) is 0 Å². The second kappa shape index (κ2) is 5.14. The molecule has 0 bridgehead atoms. The van der Waals surface area contributed by atoms with Crippen LogP contribution in [-0.4, -0.2) is 26.2 Å². The van der Waals surface area contributed by atoms with Gasteiger partial charge in [0.1, 0.15) is 0 Å². The van der Waals surface area contributed by atoms with E-state index in [-0.39, 0.29) is 0 Å². The van der Waals surface area contributed by atoms with Gasteiger partial charge in [-0.2, -0.15) is 0 Å². The first-order valence-electron chi connectivity index (χ1n) is 5.03. The van der Waals surface area contributed by atoms with E-state index in [4.69, 9.17) is 0 Å². The summed E-state index contributed by atoms with van der Waals surface area (Å²) in [5.74, 6) is 0.